The number of ether oxygens (including phenoxy) is 1. The smallest absolute Gasteiger partial charge is 0.323 e. The van der Waals surface area contributed by atoms with Crippen LogP contribution in [0.4, 0.5) is 0 Å². The highest BCUT2D eigenvalue weighted by molar-refractivity contribution is 6.02. The van der Waals surface area contributed by atoms with E-state index in [9.17, 15) is 4.79 Å². The zero-order chi connectivity index (χ0) is 17.9. The van der Waals surface area contributed by atoms with Crippen molar-refractivity contribution in [1.82, 2.24) is 4.90 Å². The van der Waals surface area contributed by atoms with Crippen molar-refractivity contribution in [3.05, 3.63) is 60.2 Å². The van der Waals surface area contributed by atoms with Crippen molar-refractivity contribution in [2.24, 2.45) is 0 Å². The number of piperidine rings is 1. The molecule has 1 atom stereocenters. The van der Waals surface area contributed by atoms with Crippen molar-refractivity contribution in [3.8, 4) is 0 Å². The fraction of sp³-hybridized carbons (Fsp3) is 0.348. The maximum absolute atomic E-state index is 12.5. The lowest BCUT2D eigenvalue weighted by molar-refractivity contribution is -0.151. The predicted octanol–water partition coefficient (Wildman–Crippen LogP) is 4.91. The van der Waals surface area contributed by atoms with Crippen LogP contribution in [0.1, 0.15) is 31.7 Å². The number of rotatable bonds is 4. The lowest BCUT2D eigenvalue weighted by atomic mass is 9.94. The fourth-order valence-corrected chi connectivity index (χ4v) is 4.17. The number of nitrogens with zero attached hydrogens (tertiary/aromatic N) is 1. The second kappa shape index (κ2) is 7.46. The van der Waals surface area contributed by atoms with Crippen LogP contribution in [-0.2, 0) is 16.1 Å². The number of carbonyl (C=O) groups is 1. The summed E-state index contributed by atoms with van der Waals surface area (Å²) in [6.45, 7) is 4.05. The second-order valence-corrected chi connectivity index (χ2v) is 7.03. The highest BCUT2D eigenvalue weighted by Crippen LogP contribution is 2.31. The number of esters is 1. The molecule has 134 valence electrons. The number of fused-ring (bicyclic) bond motifs is 2. The largest absolute Gasteiger partial charge is 0.465 e. The molecule has 1 fully saturated rings. The van der Waals surface area contributed by atoms with Gasteiger partial charge in [-0.05, 0) is 59.5 Å². The van der Waals surface area contributed by atoms with E-state index in [1.165, 1.54) is 27.1 Å². The summed E-state index contributed by atoms with van der Waals surface area (Å²) in [5.74, 6) is -0.0725. The molecule has 3 aromatic rings. The first-order chi connectivity index (χ1) is 12.8. The molecule has 1 aliphatic rings. The monoisotopic (exact) mass is 347 g/mol. The summed E-state index contributed by atoms with van der Waals surface area (Å²) >= 11 is 0. The van der Waals surface area contributed by atoms with Crippen LogP contribution in [0.15, 0.2) is 54.6 Å². The van der Waals surface area contributed by atoms with Crippen LogP contribution in [0, 0.1) is 0 Å². The quantitative estimate of drug-likeness (QED) is 0.496. The molecule has 0 aromatic heterocycles. The molecule has 26 heavy (non-hydrogen) atoms. The van der Waals surface area contributed by atoms with E-state index in [-0.39, 0.29) is 12.0 Å². The molecule has 0 spiro atoms. The first-order valence-electron chi connectivity index (χ1n) is 9.58. The maximum atomic E-state index is 12.5. The van der Waals surface area contributed by atoms with Gasteiger partial charge < -0.3 is 4.74 Å². The fourth-order valence-electron chi connectivity index (χ4n) is 4.17. The molecule has 0 amide bonds. The summed E-state index contributed by atoms with van der Waals surface area (Å²) in [7, 11) is 0. The van der Waals surface area contributed by atoms with Crippen molar-refractivity contribution in [2.75, 3.05) is 13.2 Å². The molecule has 0 radical (unpaired) electrons. The Balaban J connectivity index is 1.78. The van der Waals surface area contributed by atoms with Gasteiger partial charge in [0.25, 0.3) is 0 Å². The Hall–Kier alpha value is -2.39. The molecular formula is C23H25NO2. The van der Waals surface area contributed by atoms with E-state index in [0.29, 0.717) is 6.61 Å². The van der Waals surface area contributed by atoms with Crippen molar-refractivity contribution >= 4 is 27.5 Å². The van der Waals surface area contributed by atoms with Gasteiger partial charge in [-0.25, -0.2) is 0 Å². The third-order valence-corrected chi connectivity index (χ3v) is 5.42. The van der Waals surface area contributed by atoms with Crippen LogP contribution in [0.5, 0.6) is 0 Å². The molecule has 0 unspecified atom stereocenters. The Morgan fingerprint density at radius 2 is 1.69 bits per heavy atom. The third-order valence-electron chi connectivity index (χ3n) is 5.42. The van der Waals surface area contributed by atoms with Gasteiger partial charge in [0.15, 0.2) is 0 Å². The normalized spacial score (nSPS) is 18.3. The van der Waals surface area contributed by atoms with Gasteiger partial charge in [-0.3, -0.25) is 9.69 Å². The highest BCUT2D eigenvalue weighted by atomic mass is 16.5. The molecule has 0 saturated carbocycles. The Kier molecular flexibility index (Phi) is 4.89. The van der Waals surface area contributed by atoms with Crippen LogP contribution in [0.2, 0.25) is 0 Å². The zero-order valence-corrected chi connectivity index (χ0v) is 15.3. The van der Waals surface area contributed by atoms with Crippen LogP contribution in [0.25, 0.3) is 21.5 Å². The van der Waals surface area contributed by atoms with Crippen LogP contribution < -0.4 is 0 Å². The third kappa shape index (κ3) is 3.19. The van der Waals surface area contributed by atoms with E-state index >= 15 is 0 Å². The van der Waals surface area contributed by atoms with Gasteiger partial charge in [-0.2, -0.15) is 0 Å². The van der Waals surface area contributed by atoms with Gasteiger partial charge in [0.05, 0.1) is 6.61 Å². The number of benzene rings is 3. The number of hydrogen-bond donors (Lipinski definition) is 0. The van der Waals surface area contributed by atoms with E-state index in [1.54, 1.807) is 0 Å². The molecule has 1 aliphatic heterocycles. The molecular weight excluding hydrogens is 322 g/mol. The van der Waals surface area contributed by atoms with Crippen LogP contribution >= 0.6 is 0 Å². The lowest BCUT2D eigenvalue weighted by Crippen LogP contribution is -2.45. The maximum Gasteiger partial charge on any atom is 0.323 e. The number of likely N-dealkylation sites (tertiary alicyclic amines) is 1. The zero-order valence-electron chi connectivity index (χ0n) is 15.3. The summed E-state index contributed by atoms with van der Waals surface area (Å²) < 4.78 is 5.34. The summed E-state index contributed by atoms with van der Waals surface area (Å²) in [6, 6.07) is 19.2. The molecule has 0 bridgehead atoms. The lowest BCUT2D eigenvalue weighted by Gasteiger charge is -2.34. The Morgan fingerprint density at radius 3 is 2.35 bits per heavy atom. The molecule has 3 heteroatoms. The minimum absolute atomic E-state index is 0.0725. The van der Waals surface area contributed by atoms with Crippen LogP contribution in [-0.4, -0.2) is 30.1 Å². The summed E-state index contributed by atoms with van der Waals surface area (Å²) in [5, 5.41) is 5.07. The average molecular weight is 347 g/mol. The molecule has 0 aliphatic carbocycles. The van der Waals surface area contributed by atoms with E-state index in [1.807, 2.05) is 6.92 Å². The molecule has 4 rings (SSSR count). The van der Waals surface area contributed by atoms with Crippen molar-refractivity contribution in [3.63, 3.8) is 0 Å². The predicted molar refractivity (Wildman–Crippen MR) is 106 cm³/mol. The van der Waals surface area contributed by atoms with E-state index in [0.717, 1.165) is 32.4 Å². The van der Waals surface area contributed by atoms with E-state index in [4.69, 9.17) is 4.74 Å². The van der Waals surface area contributed by atoms with E-state index in [2.05, 4.69) is 59.5 Å². The minimum atomic E-state index is -0.124. The van der Waals surface area contributed by atoms with Gasteiger partial charge in [0.1, 0.15) is 6.04 Å². The number of hydrogen-bond acceptors (Lipinski definition) is 3. The van der Waals surface area contributed by atoms with Crippen molar-refractivity contribution in [1.29, 1.82) is 0 Å². The van der Waals surface area contributed by atoms with Gasteiger partial charge >= 0.3 is 5.97 Å². The summed E-state index contributed by atoms with van der Waals surface area (Å²) in [4.78, 5) is 14.8. The Morgan fingerprint density at radius 1 is 1.04 bits per heavy atom. The van der Waals surface area contributed by atoms with Gasteiger partial charge in [-0.15, -0.1) is 0 Å². The molecule has 0 N–H and O–H groups in total. The van der Waals surface area contributed by atoms with Gasteiger partial charge in [0, 0.05) is 6.54 Å². The molecule has 1 saturated heterocycles. The Bertz CT molecular complexity index is 880. The molecule has 3 nitrogen and oxygen atoms in total. The van der Waals surface area contributed by atoms with Crippen molar-refractivity contribution < 1.29 is 9.53 Å². The van der Waals surface area contributed by atoms with Crippen LogP contribution in [0.3, 0.4) is 0 Å². The first kappa shape index (κ1) is 17.0. The molecule has 1 heterocycles. The standard InChI is InChI=1S/C23H25NO2/c1-2-26-23(25)22-13-7-8-14-24(22)16-21-19-11-5-3-9-17(19)15-18-10-4-6-12-20(18)21/h3-6,9-12,15,22H,2,7-8,13-14,16H2,1H3/t22-/m1/s1. The number of carbonyl (C=O) groups excluding carboxylic acids is 1. The highest BCUT2D eigenvalue weighted by Gasteiger charge is 2.30. The van der Waals surface area contributed by atoms with Crippen molar-refractivity contribution in [2.45, 2.75) is 38.8 Å². The van der Waals surface area contributed by atoms with Gasteiger partial charge in [-0.1, -0.05) is 55.0 Å². The SMILES string of the molecule is CCOC(=O)[C@H]1CCCCN1Cc1c2ccccc2cc2ccccc12. The van der Waals surface area contributed by atoms with Gasteiger partial charge in [0.2, 0.25) is 0 Å². The summed E-state index contributed by atoms with van der Waals surface area (Å²) in [6.07, 6.45) is 3.12. The average Bonchev–Trinajstić information content (AvgIpc) is 2.68. The molecule has 3 aromatic carbocycles. The first-order valence-corrected chi connectivity index (χ1v) is 9.58. The minimum Gasteiger partial charge on any atom is -0.465 e. The van der Waals surface area contributed by atoms with E-state index < -0.39 is 0 Å². The Labute approximate surface area is 154 Å². The summed E-state index contributed by atoms with van der Waals surface area (Å²) in [5.41, 5.74) is 1.31. The second-order valence-electron chi connectivity index (χ2n) is 7.03. The topological polar surface area (TPSA) is 29.5 Å².